The lowest BCUT2D eigenvalue weighted by molar-refractivity contribution is 0.659. The highest BCUT2D eigenvalue weighted by Crippen LogP contribution is 2.53. The molecule has 1 atom stereocenters. The fourth-order valence-corrected chi connectivity index (χ4v) is 14.0. The first-order valence-corrected chi connectivity index (χ1v) is 23.4. The van der Waals surface area contributed by atoms with Crippen molar-refractivity contribution in [2.24, 2.45) is 0 Å². The van der Waals surface area contributed by atoms with E-state index in [2.05, 4.69) is 206 Å². The number of allylic oxidation sites excluding steroid dienone is 5. The zero-order valence-electron chi connectivity index (χ0n) is 33.9. The van der Waals surface area contributed by atoms with Crippen LogP contribution in [0.3, 0.4) is 0 Å². The lowest BCUT2D eigenvalue weighted by Crippen LogP contribution is -2.25. The normalized spacial score (nSPS) is 17.2. The third kappa shape index (κ3) is 5.67. The molecule has 60 heavy (non-hydrogen) atoms. The maximum Gasteiger partial charge on any atom is 0.174 e. The molecular weight excluding hydrogens is 764 g/mol. The van der Waals surface area contributed by atoms with Gasteiger partial charge in [-0.2, -0.15) is 0 Å². The van der Waals surface area contributed by atoms with Gasteiger partial charge in [0.05, 0.1) is 11.4 Å². The van der Waals surface area contributed by atoms with Crippen LogP contribution in [-0.4, -0.2) is 11.8 Å². The summed E-state index contributed by atoms with van der Waals surface area (Å²) >= 11 is 1.86. The predicted octanol–water partition coefficient (Wildman–Crippen LogP) is 14.1. The van der Waals surface area contributed by atoms with Crippen LogP contribution in [0.4, 0.5) is 28.4 Å². The third-order valence-corrected chi connectivity index (χ3v) is 17.0. The minimum Gasteiger partial charge on any atom is -0.341 e. The highest BCUT2D eigenvalue weighted by Gasteiger charge is 2.40. The maximum atomic E-state index is 2.53. The summed E-state index contributed by atoms with van der Waals surface area (Å²) in [7, 11) is -0.623. The predicted molar refractivity (Wildman–Crippen MR) is 258 cm³/mol. The summed E-state index contributed by atoms with van der Waals surface area (Å²) in [6.07, 6.45) is 12.9. The van der Waals surface area contributed by atoms with Crippen molar-refractivity contribution >= 4 is 75.3 Å². The molecule has 0 radical (unpaired) electrons. The summed E-state index contributed by atoms with van der Waals surface area (Å²) < 4.78 is 0. The van der Waals surface area contributed by atoms with Gasteiger partial charge in [0.2, 0.25) is 0 Å². The number of benzene rings is 7. The molecule has 0 saturated heterocycles. The Balaban J connectivity index is 0.887. The van der Waals surface area contributed by atoms with E-state index in [1.165, 1.54) is 105 Å². The van der Waals surface area contributed by atoms with Crippen LogP contribution in [0, 0.1) is 0 Å². The monoisotopic (exact) mass is 807 g/mol. The van der Waals surface area contributed by atoms with E-state index in [1.807, 2.05) is 11.8 Å². The van der Waals surface area contributed by atoms with Crippen LogP contribution in [-0.2, 0) is 11.8 Å². The number of rotatable bonds is 5. The van der Waals surface area contributed by atoms with Gasteiger partial charge in [0.25, 0.3) is 0 Å². The molecule has 0 bridgehead atoms. The van der Waals surface area contributed by atoms with Gasteiger partial charge >= 0.3 is 0 Å². The van der Waals surface area contributed by atoms with Crippen molar-refractivity contribution in [1.29, 1.82) is 0 Å². The smallest absolute Gasteiger partial charge is 0.174 e. The van der Waals surface area contributed by atoms with Gasteiger partial charge in [-0.1, -0.05) is 129 Å². The SMILES string of the molecule is CC1(C)c2cc(/C=C/C3=CCC4=[P+](c5ccccc5)c5ccc(N6c7ccccc7Sc7ccccc76)cc5C4=C3)ccc2-c2ccc(N3CCCc4ccccc43)cc21. The summed E-state index contributed by atoms with van der Waals surface area (Å²) in [5.41, 5.74) is 18.6. The van der Waals surface area contributed by atoms with Crippen LogP contribution in [0.1, 0.15) is 54.5 Å². The first-order valence-electron chi connectivity index (χ1n) is 21.3. The second kappa shape index (κ2) is 14.0. The van der Waals surface area contributed by atoms with Gasteiger partial charge in [-0.3, -0.25) is 0 Å². The number of hydrogen-bond acceptors (Lipinski definition) is 3. The van der Waals surface area contributed by atoms with Crippen molar-refractivity contribution in [3.63, 3.8) is 0 Å². The molecule has 0 fully saturated rings. The molecule has 7 aromatic carbocycles. The van der Waals surface area contributed by atoms with Crippen molar-refractivity contribution in [2.75, 3.05) is 16.3 Å². The summed E-state index contributed by atoms with van der Waals surface area (Å²) in [6, 6.07) is 59.3. The second-order valence-electron chi connectivity index (χ2n) is 17.0. The Bertz CT molecular complexity index is 3010. The number of aryl methyl sites for hydroxylation is 1. The molecule has 3 aliphatic heterocycles. The van der Waals surface area contributed by atoms with Gasteiger partial charge in [0, 0.05) is 56.4 Å². The Hall–Kier alpha value is -6.12. The average Bonchev–Trinajstić information content (AvgIpc) is 3.74. The fraction of sp³-hybridized carbons (Fsp3) is 0.125. The minimum absolute atomic E-state index is 0.0935. The van der Waals surface area contributed by atoms with Crippen LogP contribution in [0.2, 0.25) is 0 Å². The van der Waals surface area contributed by atoms with Gasteiger partial charge in [-0.05, 0) is 131 Å². The van der Waals surface area contributed by atoms with Gasteiger partial charge < -0.3 is 9.80 Å². The molecule has 3 heterocycles. The van der Waals surface area contributed by atoms with Crippen LogP contribution < -0.4 is 20.4 Å². The lowest BCUT2D eigenvalue weighted by Gasteiger charge is -2.33. The van der Waals surface area contributed by atoms with Crippen molar-refractivity contribution in [3.05, 3.63) is 209 Å². The highest BCUT2D eigenvalue weighted by molar-refractivity contribution is 7.99. The summed E-state index contributed by atoms with van der Waals surface area (Å²) in [5.74, 6) is 0. The highest BCUT2D eigenvalue weighted by atomic mass is 32.2. The third-order valence-electron chi connectivity index (χ3n) is 13.2. The molecule has 12 rings (SSSR count). The van der Waals surface area contributed by atoms with Crippen molar-refractivity contribution in [3.8, 4) is 11.1 Å². The molecule has 7 aromatic rings. The molecule has 0 amide bonds. The minimum atomic E-state index is -0.623. The zero-order valence-corrected chi connectivity index (χ0v) is 35.6. The molecule has 0 spiro atoms. The molecular formula is C56H44N2PS+. The summed E-state index contributed by atoms with van der Waals surface area (Å²) in [6.45, 7) is 5.87. The van der Waals surface area contributed by atoms with E-state index >= 15 is 0 Å². The van der Waals surface area contributed by atoms with Crippen LogP contribution in [0.5, 0.6) is 0 Å². The van der Waals surface area contributed by atoms with Crippen LogP contribution in [0.15, 0.2) is 191 Å². The zero-order chi connectivity index (χ0) is 40.0. The quantitative estimate of drug-likeness (QED) is 0.160. The molecule has 4 heteroatoms. The number of fused-ring (bicyclic) bond motifs is 9. The van der Waals surface area contributed by atoms with Crippen molar-refractivity contribution in [2.45, 2.75) is 48.3 Å². The van der Waals surface area contributed by atoms with E-state index < -0.39 is 7.55 Å². The van der Waals surface area contributed by atoms with E-state index in [-0.39, 0.29) is 5.41 Å². The molecule has 288 valence electrons. The Morgan fingerprint density at radius 3 is 2.10 bits per heavy atom. The van der Waals surface area contributed by atoms with E-state index in [1.54, 1.807) is 5.29 Å². The van der Waals surface area contributed by atoms with Gasteiger partial charge in [-0.15, -0.1) is 0 Å². The fourth-order valence-electron chi connectivity index (χ4n) is 10.3. The largest absolute Gasteiger partial charge is 0.341 e. The molecule has 0 saturated carbocycles. The molecule has 1 unspecified atom stereocenters. The van der Waals surface area contributed by atoms with Crippen LogP contribution >= 0.6 is 19.3 Å². The van der Waals surface area contributed by atoms with Crippen molar-refractivity contribution < 1.29 is 0 Å². The number of nitrogens with zero attached hydrogens (tertiary/aromatic N) is 2. The van der Waals surface area contributed by atoms with Gasteiger partial charge in [0.15, 0.2) is 18.2 Å². The van der Waals surface area contributed by atoms with E-state index in [4.69, 9.17) is 0 Å². The molecule has 2 nitrogen and oxygen atoms in total. The van der Waals surface area contributed by atoms with Gasteiger partial charge in [-0.25, -0.2) is 0 Å². The van der Waals surface area contributed by atoms with Gasteiger partial charge in [0.1, 0.15) is 5.29 Å². The van der Waals surface area contributed by atoms with E-state index in [9.17, 15) is 0 Å². The molecule has 5 aliphatic rings. The summed E-state index contributed by atoms with van der Waals surface area (Å²) in [5, 5.41) is 4.44. The first kappa shape index (κ1) is 35.8. The standard InChI is InChI=1S/C56H44N2PS/c1-56(2)47-34-38(24-28-43(47)44-29-26-40(36-48(44)56)57-32-12-14-39-13-6-7-17-49(39)57)23-22-37-25-30-52-45(33-37)46-35-41(27-31-53(46)59(52)42-15-4-3-5-16-42)58-50-18-8-10-20-54(50)60-55-21-11-9-19-51(55)58/h3-11,13,15-29,31,33-36H,12,14,30,32H2,1-2H3/q+1/b23-22+. The number of hydrogen-bond donors (Lipinski definition) is 0. The maximum absolute atomic E-state index is 2.53. The second-order valence-corrected chi connectivity index (χ2v) is 20.3. The number of para-hydroxylation sites is 3. The van der Waals surface area contributed by atoms with E-state index in [0.29, 0.717) is 0 Å². The Labute approximate surface area is 358 Å². The van der Waals surface area contributed by atoms with Crippen LogP contribution in [0.25, 0.3) is 22.8 Å². The topological polar surface area (TPSA) is 6.48 Å². The molecule has 2 aliphatic carbocycles. The Kier molecular flexibility index (Phi) is 8.34. The Morgan fingerprint density at radius 1 is 0.617 bits per heavy atom. The van der Waals surface area contributed by atoms with E-state index in [0.717, 1.165) is 19.4 Å². The molecule has 0 aromatic heterocycles. The summed E-state index contributed by atoms with van der Waals surface area (Å²) in [4.78, 5) is 7.56. The van der Waals surface area contributed by atoms with Crippen molar-refractivity contribution in [1.82, 2.24) is 0 Å². The Morgan fingerprint density at radius 2 is 1.30 bits per heavy atom. The average molecular weight is 808 g/mol. The lowest BCUT2D eigenvalue weighted by atomic mass is 9.81. The first-order chi connectivity index (χ1) is 29.5. The number of anilines is 5. The molecule has 0 N–H and O–H groups in total.